The predicted octanol–water partition coefficient (Wildman–Crippen LogP) is 3.13. The number of benzene rings is 1. The van der Waals surface area contributed by atoms with E-state index >= 15 is 0 Å². The number of phenolic OH excluding ortho intramolecular Hbond substituents is 1. The maximum Gasteiger partial charge on any atom is 0.161 e. The second-order valence-corrected chi connectivity index (χ2v) is 4.14. The number of para-hydroxylation sites is 2. The smallest absolute Gasteiger partial charge is 0.161 e. The van der Waals surface area contributed by atoms with Crippen LogP contribution in [0.2, 0.25) is 0 Å². The molecule has 1 N–H and O–H groups in total. The van der Waals surface area contributed by atoms with E-state index in [0.29, 0.717) is 12.4 Å². The molecule has 0 aliphatic rings. The van der Waals surface area contributed by atoms with Crippen molar-refractivity contribution in [1.82, 2.24) is 4.98 Å². The summed E-state index contributed by atoms with van der Waals surface area (Å²) in [6.07, 6.45) is 1.70. The summed E-state index contributed by atoms with van der Waals surface area (Å²) in [7, 11) is 0. The molecule has 1 heterocycles. The first-order valence-electron chi connectivity index (χ1n) is 4.77. The number of ether oxygens (including phenoxy) is 1. The number of phenols is 1. The van der Waals surface area contributed by atoms with Crippen LogP contribution < -0.4 is 4.74 Å². The average Bonchev–Trinajstić information content (AvgIpc) is 2.28. The summed E-state index contributed by atoms with van der Waals surface area (Å²) >= 11 is 3.36. The molecule has 0 spiro atoms. The third kappa shape index (κ3) is 2.73. The number of pyridine rings is 1. The first-order valence-corrected chi connectivity index (χ1v) is 5.56. The maximum absolute atomic E-state index is 9.49. The number of halogens is 1. The fraction of sp³-hybridized carbons (Fsp3) is 0.0833. The summed E-state index contributed by atoms with van der Waals surface area (Å²) < 4.78 is 6.40. The van der Waals surface area contributed by atoms with E-state index in [-0.39, 0.29) is 5.75 Å². The Balaban J connectivity index is 2.05. The normalized spacial score (nSPS) is 10.1. The average molecular weight is 280 g/mol. The fourth-order valence-electron chi connectivity index (χ4n) is 1.26. The lowest BCUT2D eigenvalue weighted by Crippen LogP contribution is -1.97. The summed E-state index contributed by atoms with van der Waals surface area (Å²) in [4.78, 5) is 4.15. The van der Waals surface area contributed by atoms with Crippen LogP contribution in [0, 0.1) is 0 Å². The second-order valence-electron chi connectivity index (χ2n) is 3.22. The molecule has 0 fully saturated rings. The summed E-state index contributed by atoms with van der Waals surface area (Å²) in [5, 5.41) is 9.49. The van der Waals surface area contributed by atoms with E-state index in [0.717, 1.165) is 10.2 Å². The van der Waals surface area contributed by atoms with E-state index in [1.54, 1.807) is 24.4 Å². The van der Waals surface area contributed by atoms with Gasteiger partial charge >= 0.3 is 0 Å². The fourth-order valence-corrected chi connectivity index (χ4v) is 1.64. The highest BCUT2D eigenvalue weighted by atomic mass is 79.9. The lowest BCUT2D eigenvalue weighted by Gasteiger charge is -2.07. The van der Waals surface area contributed by atoms with Crippen molar-refractivity contribution < 1.29 is 9.84 Å². The Morgan fingerprint density at radius 3 is 2.81 bits per heavy atom. The van der Waals surface area contributed by atoms with Crippen LogP contribution in [-0.2, 0) is 6.61 Å². The van der Waals surface area contributed by atoms with Crippen LogP contribution in [0.4, 0.5) is 0 Å². The van der Waals surface area contributed by atoms with Crippen molar-refractivity contribution in [3.63, 3.8) is 0 Å². The molecule has 0 unspecified atom stereocenters. The number of rotatable bonds is 3. The largest absolute Gasteiger partial charge is 0.504 e. The number of aromatic nitrogens is 1. The standard InChI is InChI=1S/C12H10BrNO2/c13-9-5-6-14-10(7-9)8-16-12-4-2-1-3-11(12)15/h1-7,15H,8H2. The van der Waals surface area contributed by atoms with Gasteiger partial charge in [0, 0.05) is 10.7 Å². The monoisotopic (exact) mass is 279 g/mol. The zero-order valence-electron chi connectivity index (χ0n) is 8.43. The summed E-state index contributed by atoms with van der Waals surface area (Å²) in [6.45, 7) is 0.330. The van der Waals surface area contributed by atoms with Gasteiger partial charge in [0.15, 0.2) is 11.5 Å². The van der Waals surface area contributed by atoms with Crippen LogP contribution in [0.15, 0.2) is 47.1 Å². The van der Waals surface area contributed by atoms with Crippen molar-refractivity contribution >= 4 is 15.9 Å². The van der Waals surface area contributed by atoms with Crippen LogP contribution in [0.1, 0.15) is 5.69 Å². The summed E-state index contributed by atoms with van der Waals surface area (Å²) in [5.41, 5.74) is 0.803. The Kier molecular flexibility index (Phi) is 3.41. The molecule has 0 amide bonds. The van der Waals surface area contributed by atoms with Gasteiger partial charge in [-0.2, -0.15) is 0 Å². The molecule has 2 rings (SSSR count). The van der Waals surface area contributed by atoms with Gasteiger partial charge in [0.1, 0.15) is 6.61 Å². The Hall–Kier alpha value is -1.55. The first kappa shape index (κ1) is 11.0. The molecular formula is C12H10BrNO2. The third-order valence-electron chi connectivity index (χ3n) is 2.02. The van der Waals surface area contributed by atoms with Gasteiger partial charge in [-0.05, 0) is 24.3 Å². The van der Waals surface area contributed by atoms with Gasteiger partial charge in [-0.15, -0.1) is 0 Å². The van der Waals surface area contributed by atoms with Crippen LogP contribution in [0.25, 0.3) is 0 Å². The lowest BCUT2D eigenvalue weighted by molar-refractivity contribution is 0.285. The van der Waals surface area contributed by atoms with Gasteiger partial charge in [-0.25, -0.2) is 0 Å². The van der Waals surface area contributed by atoms with Gasteiger partial charge < -0.3 is 9.84 Å². The number of nitrogens with zero attached hydrogens (tertiary/aromatic N) is 1. The minimum absolute atomic E-state index is 0.137. The second kappa shape index (κ2) is 4.99. The number of aromatic hydroxyl groups is 1. The highest BCUT2D eigenvalue weighted by Crippen LogP contribution is 2.25. The highest BCUT2D eigenvalue weighted by molar-refractivity contribution is 9.10. The zero-order chi connectivity index (χ0) is 11.4. The molecule has 0 aliphatic heterocycles. The van der Waals surface area contributed by atoms with E-state index in [9.17, 15) is 5.11 Å². The van der Waals surface area contributed by atoms with Gasteiger partial charge in [0.25, 0.3) is 0 Å². The van der Waals surface area contributed by atoms with Gasteiger partial charge in [0.05, 0.1) is 5.69 Å². The van der Waals surface area contributed by atoms with E-state index < -0.39 is 0 Å². The van der Waals surface area contributed by atoms with Gasteiger partial charge in [-0.1, -0.05) is 28.1 Å². The lowest BCUT2D eigenvalue weighted by atomic mass is 10.3. The molecule has 1 aromatic heterocycles. The third-order valence-corrected chi connectivity index (χ3v) is 2.51. The van der Waals surface area contributed by atoms with E-state index in [2.05, 4.69) is 20.9 Å². The Morgan fingerprint density at radius 2 is 2.06 bits per heavy atom. The molecule has 3 nitrogen and oxygen atoms in total. The Morgan fingerprint density at radius 1 is 1.25 bits per heavy atom. The first-order chi connectivity index (χ1) is 7.75. The maximum atomic E-state index is 9.49. The number of hydrogen-bond donors (Lipinski definition) is 1. The minimum atomic E-state index is 0.137. The van der Waals surface area contributed by atoms with Crippen LogP contribution >= 0.6 is 15.9 Å². The van der Waals surface area contributed by atoms with E-state index in [1.807, 2.05) is 18.2 Å². The summed E-state index contributed by atoms with van der Waals surface area (Å²) in [6, 6.07) is 10.6. The minimum Gasteiger partial charge on any atom is -0.504 e. The molecular weight excluding hydrogens is 270 g/mol. The molecule has 1 aromatic carbocycles. The van der Waals surface area contributed by atoms with Gasteiger partial charge in [0.2, 0.25) is 0 Å². The predicted molar refractivity (Wildman–Crippen MR) is 64.4 cm³/mol. The molecule has 0 saturated heterocycles. The van der Waals surface area contributed by atoms with E-state index in [4.69, 9.17) is 4.74 Å². The SMILES string of the molecule is Oc1ccccc1OCc1cc(Br)ccn1. The molecule has 0 saturated carbocycles. The van der Waals surface area contributed by atoms with Crippen molar-refractivity contribution in [2.24, 2.45) is 0 Å². The van der Waals surface area contributed by atoms with Crippen molar-refractivity contribution in [2.75, 3.05) is 0 Å². The molecule has 0 bridgehead atoms. The Labute approximate surface area is 102 Å². The van der Waals surface area contributed by atoms with Crippen molar-refractivity contribution in [1.29, 1.82) is 0 Å². The molecule has 82 valence electrons. The van der Waals surface area contributed by atoms with Crippen LogP contribution in [0.3, 0.4) is 0 Å². The van der Waals surface area contributed by atoms with Gasteiger partial charge in [-0.3, -0.25) is 4.98 Å². The zero-order valence-corrected chi connectivity index (χ0v) is 10.0. The van der Waals surface area contributed by atoms with Crippen molar-refractivity contribution in [2.45, 2.75) is 6.61 Å². The molecule has 0 radical (unpaired) electrons. The van der Waals surface area contributed by atoms with Crippen LogP contribution in [-0.4, -0.2) is 10.1 Å². The molecule has 4 heteroatoms. The number of hydrogen-bond acceptors (Lipinski definition) is 3. The van der Waals surface area contributed by atoms with Crippen molar-refractivity contribution in [3.8, 4) is 11.5 Å². The molecule has 0 atom stereocenters. The topological polar surface area (TPSA) is 42.4 Å². The molecule has 16 heavy (non-hydrogen) atoms. The van der Waals surface area contributed by atoms with Crippen LogP contribution in [0.5, 0.6) is 11.5 Å². The van der Waals surface area contributed by atoms with E-state index in [1.165, 1.54) is 0 Å². The van der Waals surface area contributed by atoms with Crippen molar-refractivity contribution in [3.05, 3.63) is 52.8 Å². The summed E-state index contributed by atoms with van der Waals surface area (Å²) in [5.74, 6) is 0.599. The molecule has 0 aliphatic carbocycles. The quantitative estimate of drug-likeness (QED) is 0.939. The Bertz CT molecular complexity index is 488. The molecule has 2 aromatic rings. The highest BCUT2D eigenvalue weighted by Gasteiger charge is 2.01.